The summed E-state index contributed by atoms with van der Waals surface area (Å²) in [5, 5.41) is 132. The Balaban J connectivity index is 1.28. The molecule has 0 aromatic heterocycles. The van der Waals surface area contributed by atoms with E-state index in [4.69, 9.17) is 33.2 Å². The fourth-order valence-electron chi connectivity index (χ4n) is 15.3. The highest BCUT2D eigenvalue weighted by molar-refractivity contribution is 5.90. The molecule has 0 unspecified atom stereocenters. The summed E-state index contributed by atoms with van der Waals surface area (Å²) in [7, 11) is 0. The van der Waals surface area contributed by atoms with Gasteiger partial charge in [-0.15, -0.1) is 0 Å². The Hall–Kier alpha value is -2.00. The number of esters is 1. The predicted molar refractivity (Wildman–Crippen MR) is 250 cm³/mol. The Morgan fingerprint density at radius 3 is 1.93 bits per heavy atom. The maximum atomic E-state index is 12.9. The maximum Gasteiger partial charge on any atom is 0.317 e. The molecule has 72 heavy (non-hydrogen) atoms. The van der Waals surface area contributed by atoms with Gasteiger partial charge in [-0.3, -0.25) is 9.59 Å². The number of rotatable bonds is 15. The Labute approximate surface area is 421 Å². The van der Waals surface area contributed by atoms with Crippen LogP contribution in [0.3, 0.4) is 0 Å². The van der Waals surface area contributed by atoms with Crippen molar-refractivity contribution in [1.29, 1.82) is 0 Å². The van der Waals surface area contributed by atoms with E-state index >= 15 is 0 Å². The SMILES string of the molecule is CC(C)=CCC[C@](C)(O[C@@H]1O[C@H](CO)[C@@H](O)[C@H](O)[C@H]1OC(=O)CC(=O)O)[C@H]1CC[C@]2(C)[C@@H]1[C@H](O)C[C@@H]1[C@@]3(C)CC[C@H](O)C(C)(C)[C@@H]3[C@@H](O[C@@H]3O[C@H](CO)[C@@H](O)[C@H](O)[C@H]3O[C@@H]3O[C@@H](C)[C@H](O)[C@@H](O)[C@H]3O)C[C@]12C. The molecule has 7 fully saturated rings. The van der Waals surface area contributed by atoms with Crippen LogP contribution < -0.4 is 0 Å². The summed E-state index contributed by atoms with van der Waals surface area (Å²) in [5.41, 5.74) is -2.97. The van der Waals surface area contributed by atoms with Crippen LogP contribution in [0.4, 0.5) is 0 Å². The number of aliphatic hydroxyl groups is 11. The van der Waals surface area contributed by atoms with Crippen molar-refractivity contribution < 1.29 is 104 Å². The summed E-state index contributed by atoms with van der Waals surface area (Å²) >= 11 is 0. The van der Waals surface area contributed by atoms with E-state index in [9.17, 15) is 70.9 Å². The molecule has 0 amide bonds. The van der Waals surface area contributed by atoms with E-state index in [1.165, 1.54) is 6.92 Å². The smallest absolute Gasteiger partial charge is 0.317 e. The number of carboxylic acids is 1. The van der Waals surface area contributed by atoms with Gasteiger partial charge in [0, 0.05) is 0 Å². The van der Waals surface area contributed by atoms with Crippen LogP contribution in [0.5, 0.6) is 0 Å². The third-order valence-corrected chi connectivity index (χ3v) is 19.2. The topological polar surface area (TPSA) is 342 Å². The minimum absolute atomic E-state index is 0.159. The van der Waals surface area contributed by atoms with Gasteiger partial charge in [-0.1, -0.05) is 46.3 Å². The molecule has 0 bridgehead atoms. The van der Waals surface area contributed by atoms with Gasteiger partial charge in [-0.25, -0.2) is 0 Å². The molecular weight excluding hydrogens is 949 g/mol. The average Bonchev–Trinajstić information content (AvgIpc) is 3.69. The van der Waals surface area contributed by atoms with E-state index in [0.717, 1.165) is 5.57 Å². The molecule has 0 aromatic carbocycles. The Bertz CT molecular complexity index is 1930. The number of fused-ring (bicyclic) bond motifs is 5. The first-order valence-electron chi connectivity index (χ1n) is 25.8. The van der Waals surface area contributed by atoms with Gasteiger partial charge < -0.3 is 94.4 Å². The van der Waals surface area contributed by atoms with Crippen molar-refractivity contribution in [1.82, 2.24) is 0 Å². The fourth-order valence-corrected chi connectivity index (χ4v) is 15.3. The number of carbonyl (C=O) groups is 2. The molecule has 0 radical (unpaired) electrons. The molecule has 21 heteroatoms. The predicted octanol–water partition coefficient (Wildman–Crippen LogP) is -0.00280. The summed E-state index contributed by atoms with van der Waals surface area (Å²) < 4.78 is 43.8. The van der Waals surface area contributed by atoms with Crippen molar-refractivity contribution in [2.24, 2.45) is 45.3 Å². The molecule has 4 aliphatic carbocycles. The number of carbonyl (C=O) groups excluding carboxylic acids is 1. The van der Waals surface area contributed by atoms with E-state index in [2.05, 4.69) is 20.8 Å². The first kappa shape index (κ1) is 57.7. The van der Waals surface area contributed by atoms with Gasteiger partial charge in [0.25, 0.3) is 0 Å². The number of hydrogen-bond acceptors (Lipinski definition) is 20. The first-order valence-corrected chi connectivity index (χ1v) is 25.8. The van der Waals surface area contributed by atoms with Gasteiger partial charge in [-0.05, 0) is 124 Å². The molecule has 3 aliphatic heterocycles. The van der Waals surface area contributed by atoms with Crippen molar-refractivity contribution in [2.45, 2.75) is 236 Å². The molecular formula is C51H84O21. The minimum atomic E-state index is -1.83. The second-order valence-electron chi connectivity index (χ2n) is 24.1. The highest BCUT2D eigenvalue weighted by atomic mass is 16.8. The Kier molecular flexibility index (Phi) is 17.2. The summed E-state index contributed by atoms with van der Waals surface area (Å²) in [6.45, 7) is 16.3. The number of carboxylic acid groups (broad SMARTS) is 1. The molecule has 26 atom stereocenters. The van der Waals surface area contributed by atoms with Crippen LogP contribution in [0.15, 0.2) is 11.6 Å². The Morgan fingerprint density at radius 2 is 1.33 bits per heavy atom. The van der Waals surface area contributed by atoms with Crippen LogP contribution in [0.25, 0.3) is 0 Å². The highest BCUT2D eigenvalue weighted by Gasteiger charge is 2.74. The largest absolute Gasteiger partial charge is 0.481 e. The van der Waals surface area contributed by atoms with Crippen LogP contribution in [-0.4, -0.2) is 202 Å². The van der Waals surface area contributed by atoms with E-state index < -0.39 is 187 Å². The summed E-state index contributed by atoms with van der Waals surface area (Å²) in [5.74, 6) is -4.19. The van der Waals surface area contributed by atoms with Crippen molar-refractivity contribution in [3.63, 3.8) is 0 Å². The lowest BCUT2D eigenvalue weighted by Gasteiger charge is -2.72. The molecule has 0 aromatic rings. The van der Waals surface area contributed by atoms with Gasteiger partial charge in [0.05, 0.1) is 43.2 Å². The molecule has 0 spiro atoms. The van der Waals surface area contributed by atoms with Crippen LogP contribution in [-0.2, 0) is 42.7 Å². The maximum absolute atomic E-state index is 12.9. The molecule has 12 N–H and O–H groups in total. The van der Waals surface area contributed by atoms with Crippen molar-refractivity contribution in [2.75, 3.05) is 13.2 Å². The number of aliphatic hydroxyl groups excluding tert-OH is 11. The van der Waals surface area contributed by atoms with E-state index in [-0.39, 0.29) is 5.92 Å². The van der Waals surface area contributed by atoms with Gasteiger partial charge >= 0.3 is 11.9 Å². The molecule has 414 valence electrons. The van der Waals surface area contributed by atoms with E-state index in [0.29, 0.717) is 51.4 Å². The van der Waals surface area contributed by atoms with Gasteiger partial charge in [0.15, 0.2) is 25.0 Å². The molecule has 4 saturated carbocycles. The van der Waals surface area contributed by atoms with Gasteiger partial charge in [-0.2, -0.15) is 0 Å². The normalized spacial score (nSPS) is 49.9. The van der Waals surface area contributed by atoms with E-state index in [1.54, 1.807) is 0 Å². The number of hydrogen-bond donors (Lipinski definition) is 12. The van der Waals surface area contributed by atoms with Crippen LogP contribution >= 0.6 is 0 Å². The van der Waals surface area contributed by atoms with Crippen LogP contribution in [0.2, 0.25) is 0 Å². The highest BCUT2D eigenvalue weighted by Crippen LogP contribution is 2.76. The number of aliphatic carboxylic acids is 1. The lowest BCUT2D eigenvalue weighted by Crippen LogP contribution is -2.71. The van der Waals surface area contributed by atoms with Crippen molar-refractivity contribution in [3.05, 3.63) is 11.6 Å². The van der Waals surface area contributed by atoms with Gasteiger partial charge in [0.1, 0.15) is 67.5 Å². The second-order valence-corrected chi connectivity index (χ2v) is 24.1. The third kappa shape index (κ3) is 10.1. The molecule has 21 nitrogen and oxygen atoms in total. The molecule has 7 rings (SSSR count). The van der Waals surface area contributed by atoms with Crippen LogP contribution in [0.1, 0.15) is 120 Å². The zero-order chi connectivity index (χ0) is 53.4. The Morgan fingerprint density at radius 1 is 0.722 bits per heavy atom. The monoisotopic (exact) mass is 1030 g/mol. The third-order valence-electron chi connectivity index (χ3n) is 19.2. The summed E-state index contributed by atoms with van der Waals surface area (Å²) in [6.07, 6.45) is -21.5. The lowest BCUT2D eigenvalue weighted by molar-refractivity contribution is -0.382. The molecule has 3 heterocycles. The standard InChI is InChI=1S/C51H84O21/c1-22(2)11-10-14-51(9,72-46-42(70-32(58)18-31(56)57)39(64)36(61)28(21-53)69-46)24-12-16-49(7)33(24)25(54)17-29-48(6)15-13-30(55)47(4,5)43(48)26(19-50(29,49)8)67-45-41(38(63)35(60)27(20-52)68-45)71-44-40(65)37(62)34(59)23(3)66-44/h11,23-30,33-46,52-55,59-65H,10,12-21H2,1-9H3,(H,56,57)/t23-,24-,25+,26-,27+,28+,29+,30-,33-,34-,35+,36+,37+,38-,39-,40+,41+,42+,43-,44-,45+,46-,48+,49+,50+,51-/m0/s1. The van der Waals surface area contributed by atoms with Crippen LogP contribution in [0, 0.1) is 45.3 Å². The fraction of sp³-hybridized carbons (Fsp3) is 0.922. The minimum Gasteiger partial charge on any atom is -0.481 e. The summed E-state index contributed by atoms with van der Waals surface area (Å²) in [6, 6.07) is 0. The zero-order valence-corrected chi connectivity index (χ0v) is 43.1. The summed E-state index contributed by atoms with van der Waals surface area (Å²) in [4.78, 5) is 24.3. The van der Waals surface area contributed by atoms with E-state index in [1.807, 2.05) is 40.7 Å². The second kappa shape index (κ2) is 21.4. The zero-order valence-electron chi connectivity index (χ0n) is 43.1. The number of allylic oxidation sites excluding steroid dienone is 2. The lowest BCUT2D eigenvalue weighted by atomic mass is 9.34. The molecule has 3 saturated heterocycles. The first-order chi connectivity index (χ1) is 33.5. The van der Waals surface area contributed by atoms with Gasteiger partial charge in [0.2, 0.25) is 0 Å². The van der Waals surface area contributed by atoms with Crippen molar-refractivity contribution in [3.8, 4) is 0 Å². The average molecular weight is 1030 g/mol. The number of ether oxygens (including phenoxy) is 7. The quantitative estimate of drug-likeness (QED) is 0.0444. The molecule has 7 aliphatic rings. The van der Waals surface area contributed by atoms with Crippen molar-refractivity contribution >= 4 is 11.9 Å².